The van der Waals surface area contributed by atoms with Gasteiger partial charge in [-0.05, 0) is 44.6 Å². The predicted molar refractivity (Wildman–Crippen MR) is 119 cm³/mol. The summed E-state index contributed by atoms with van der Waals surface area (Å²) in [5, 5.41) is 11.9. The maximum Gasteiger partial charge on any atom is 0.332 e. The molecule has 13 heteroatoms. The van der Waals surface area contributed by atoms with Crippen molar-refractivity contribution in [3.8, 4) is 0 Å². The summed E-state index contributed by atoms with van der Waals surface area (Å²) in [5.74, 6) is -0.0844. The lowest BCUT2D eigenvalue weighted by Gasteiger charge is -2.13. The van der Waals surface area contributed by atoms with E-state index in [-0.39, 0.29) is 11.5 Å². The second-order valence-electron chi connectivity index (χ2n) is 7.34. The molecule has 1 N–H and O–H groups in total. The molecule has 166 valence electrons. The van der Waals surface area contributed by atoms with Gasteiger partial charge in [0.15, 0.2) is 20.7 Å². The Labute approximate surface area is 186 Å². The molecule has 1 saturated heterocycles. The van der Waals surface area contributed by atoms with Crippen LogP contribution >= 0.6 is 23.1 Å². The topological polar surface area (TPSA) is 120 Å². The fraction of sp³-hybridized carbons (Fsp3) is 0.556. The first kappa shape index (κ1) is 21.7. The number of fused-ring (bicyclic) bond motifs is 1. The minimum absolute atomic E-state index is 0.0844. The van der Waals surface area contributed by atoms with Crippen LogP contribution in [0.4, 0.5) is 5.13 Å². The molecule has 0 radical (unpaired) electrons. The first-order valence-electron chi connectivity index (χ1n) is 10.1. The lowest BCUT2D eigenvalue weighted by Crippen LogP contribution is -2.37. The quantitative estimate of drug-likeness (QED) is 0.512. The summed E-state index contributed by atoms with van der Waals surface area (Å²) in [7, 11) is 3.04. The fourth-order valence-corrected chi connectivity index (χ4v) is 5.45. The summed E-state index contributed by atoms with van der Waals surface area (Å²) >= 11 is 2.50. The Morgan fingerprint density at radius 3 is 2.61 bits per heavy atom. The number of aryl methyl sites for hydroxylation is 2. The highest BCUT2D eigenvalue weighted by atomic mass is 32.2. The van der Waals surface area contributed by atoms with E-state index in [1.807, 2.05) is 6.92 Å². The fourth-order valence-electron chi connectivity index (χ4n) is 3.63. The van der Waals surface area contributed by atoms with Gasteiger partial charge in [-0.2, -0.15) is 0 Å². The second kappa shape index (κ2) is 8.93. The van der Waals surface area contributed by atoms with Crippen LogP contribution in [0.25, 0.3) is 11.2 Å². The van der Waals surface area contributed by atoms with Crippen LogP contribution in [0.1, 0.15) is 26.2 Å². The number of imidazole rings is 1. The molecule has 0 aromatic carbocycles. The lowest BCUT2D eigenvalue weighted by atomic mass is 10.4. The number of amides is 1. The third-order valence-corrected chi connectivity index (χ3v) is 7.20. The highest BCUT2D eigenvalue weighted by Gasteiger charge is 2.20. The number of nitrogens with zero attached hydrogens (tertiary/aromatic N) is 7. The van der Waals surface area contributed by atoms with Gasteiger partial charge in [-0.25, -0.2) is 9.78 Å². The van der Waals surface area contributed by atoms with Gasteiger partial charge in [0, 0.05) is 33.6 Å². The van der Waals surface area contributed by atoms with Crippen LogP contribution < -0.4 is 16.6 Å². The molecule has 4 heterocycles. The number of carbonyl (C=O) groups excluding carboxylic acids is 1. The van der Waals surface area contributed by atoms with Crippen molar-refractivity contribution in [3.05, 3.63) is 20.8 Å². The van der Waals surface area contributed by atoms with Crippen molar-refractivity contribution in [2.75, 3.05) is 25.0 Å². The maximum absolute atomic E-state index is 12.6. The van der Waals surface area contributed by atoms with Crippen molar-refractivity contribution < 1.29 is 4.79 Å². The second-order valence-corrected chi connectivity index (χ2v) is 9.53. The minimum atomic E-state index is -0.426. The zero-order chi connectivity index (χ0) is 22.1. The molecule has 3 aromatic rings. The van der Waals surface area contributed by atoms with Crippen LogP contribution in [-0.2, 0) is 25.4 Å². The standard InChI is InChI=1S/C18H24N8O3S2/c1-4-26-12-13(23(2)18(29)24(3)14(12)28)20-16(26)31-17-22-21-15(30-17)19-11(27)7-10-25-8-5-6-9-25/h4-10H2,1-3H3,(H,19,21,27). The molecule has 0 unspecified atom stereocenters. The molecular formula is C18H24N8O3S2. The zero-order valence-corrected chi connectivity index (χ0v) is 19.3. The molecule has 0 aliphatic carbocycles. The maximum atomic E-state index is 12.6. The largest absolute Gasteiger partial charge is 0.332 e. The third-order valence-electron chi connectivity index (χ3n) is 5.31. The van der Waals surface area contributed by atoms with Crippen molar-refractivity contribution in [2.45, 2.75) is 42.2 Å². The van der Waals surface area contributed by atoms with E-state index in [9.17, 15) is 14.4 Å². The van der Waals surface area contributed by atoms with Crippen LogP contribution in [0.3, 0.4) is 0 Å². The Kier molecular flexibility index (Phi) is 6.25. The average molecular weight is 465 g/mol. The van der Waals surface area contributed by atoms with Gasteiger partial charge in [-0.15, -0.1) is 10.2 Å². The predicted octanol–water partition coefficient (Wildman–Crippen LogP) is 0.881. The van der Waals surface area contributed by atoms with E-state index in [4.69, 9.17) is 0 Å². The molecule has 1 amide bonds. The zero-order valence-electron chi connectivity index (χ0n) is 17.6. The van der Waals surface area contributed by atoms with E-state index in [0.717, 1.165) is 24.2 Å². The number of nitrogens with one attached hydrogen (secondary N) is 1. The van der Waals surface area contributed by atoms with Gasteiger partial charge in [0.2, 0.25) is 11.0 Å². The smallest absolute Gasteiger partial charge is 0.313 e. The number of aromatic nitrogens is 6. The molecule has 11 nitrogen and oxygen atoms in total. The van der Waals surface area contributed by atoms with Crippen LogP contribution in [0.2, 0.25) is 0 Å². The highest BCUT2D eigenvalue weighted by Crippen LogP contribution is 2.32. The van der Waals surface area contributed by atoms with E-state index in [1.165, 1.54) is 47.6 Å². The Bertz CT molecular complexity index is 1240. The van der Waals surface area contributed by atoms with Crippen LogP contribution in [0, 0.1) is 0 Å². The van der Waals surface area contributed by atoms with E-state index in [0.29, 0.717) is 38.8 Å². The average Bonchev–Trinajstić information content (AvgIpc) is 3.49. The van der Waals surface area contributed by atoms with Crippen LogP contribution in [0.15, 0.2) is 19.1 Å². The van der Waals surface area contributed by atoms with Gasteiger partial charge < -0.3 is 14.8 Å². The van der Waals surface area contributed by atoms with Crippen molar-refractivity contribution >= 4 is 45.3 Å². The van der Waals surface area contributed by atoms with Gasteiger partial charge in [0.25, 0.3) is 5.56 Å². The molecule has 0 spiro atoms. The first-order chi connectivity index (χ1) is 14.9. The molecule has 0 saturated carbocycles. The van der Waals surface area contributed by atoms with Crippen molar-refractivity contribution in [3.63, 3.8) is 0 Å². The van der Waals surface area contributed by atoms with Crippen molar-refractivity contribution in [1.29, 1.82) is 0 Å². The highest BCUT2D eigenvalue weighted by molar-refractivity contribution is 8.01. The van der Waals surface area contributed by atoms with E-state index in [1.54, 1.807) is 11.6 Å². The molecule has 31 heavy (non-hydrogen) atoms. The van der Waals surface area contributed by atoms with Crippen LogP contribution in [0.5, 0.6) is 0 Å². The molecular weight excluding hydrogens is 440 g/mol. The molecule has 0 atom stereocenters. The Balaban J connectivity index is 1.51. The Hall–Kier alpha value is -2.51. The molecule has 1 aliphatic heterocycles. The summed E-state index contributed by atoms with van der Waals surface area (Å²) in [6.07, 6.45) is 2.81. The normalized spacial score (nSPS) is 14.5. The summed E-state index contributed by atoms with van der Waals surface area (Å²) in [5.41, 5.74) is -0.112. The van der Waals surface area contributed by atoms with Crippen LogP contribution in [-0.4, -0.2) is 59.3 Å². The van der Waals surface area contributed by atoms with Gasteiger partial charge in [0.1, 0.15) is 0 Å². The number of rotatable bonds is 7. The monoisotopic (exact) mass is 464 g/mol. The number of likely N-dealkylation sites (tertiary alicyclic amines) is 1. The molecule has 1 fully saturated rings. The van der Waals surface area contributed by atoms with Gasteiger partial charge in [-0.3, -0.25) is 18.7 Å². The van der Waals surface area contributed by atoms with Gasteiger partial charge >= 0.3 is 5.69 Å². The number of hydrogen-bond donors (Lipinski definition) is 1. The van der Waals surface area contributed by atoms with Crippen molar-refractivity contribution in [2.24, 2.45) is 14.1 Å². The SMILES string of the molecule is CCn1c(Sc2nnc(NC(=O)CCN3CCCC3)s2)nc2c1c(=O)n(C)c(=O)n2C. The number of hydrogen-bond acceptors (Lipinski definition) is 9. The molecule has 3 aromatic heterocycles. The lowest BCUT2D eigenvalue weighted by molar-refractivity contribution is -0.116. The van der Waals surface area contributed by atoms with Gasteiger partial charge in [-0.1, -0.05) is 11.3 Å². The minimum Gasteiger partial charge on any atom is -0.313 e. The van der Waals surface area contributed by atoms with E-state index in [2.05, 4.69) is 25.4 Å². The molecule has 0 bridgehead atoms. The van der Waals surface area contributed by atoms with E-state index >= 15 is 0 Å². The third kappa shape index (κ3) is 4.29. The first-order valence-corrected chi connectivity index (χ1v) is 11.7. The number of carbonyl (C=O) groups is 1. The summed E-state index contributed by atoms with van der Waals surface area (Å²) < 4.78 is 4.78. The summed E-state index contributed by atoms with van der Waals surface area (Å²) in [4.78, 5) is 43.8. The van der Waals surface area contributed by atoms with Gasteiger partial charge in [0.05, 0.1) is 0 Å². The summed E-state index contributed by atoms with van der Waals surface area (Å²) in [6.45, 7) is 5.27. The van der Waals surface area contributed by atoms with E-state index < -0.39 is 5.69 Å². The Morgan fingerprint density at radius 1 is 1.16 bits per heavy atom. The van der Waals surface area contributed by atoms with Crippen molar-refractivity contribution in [1.82, 2.24) is 33.8 Å². The summed E-state index contributed by atoms with van der Waals surface area (Å²) in [6, 6.07) is 0. The Morgan fingerprint density at radius 2 is 1.90 bits per heavy atom. The molecule has 1 aliphatic rings. The molecule has 4 rings (SSSR count). The number of anilines is 1.